The molecule has 10 heteroatoms. The minimum absolute atomic E-state index is 0.0198. The maximum atomic E-state index is 11.6. The van der Waals surface area contributed by atoms with Crippen LogP contribution in [0.25, 0.3) is 11.0 Å². The molecule has 180 valence electrons. The predicted molar refractivity (Wildman–Crippen MR) is 132 cm³/mol. The van der Waals surface area contributed by atoms with Crippen molar-refractivity contribution in [1.82, 2.24) is 25.2 Å². The van der Waals surface area contributed by atoms with E-state index in [4.69, 9.17) is 9.47 Å². The molecule has 3 aromatic heterocycles. The van der Waals surface area contributed by atoms with Gasteiger partial charge in [0, 0.05) is 49.8 Å². The molecule has 0 spiro atoms. The molecule has 1 saturated carbocycles. The highest BCUT2D eigenvalue weighted by atomic mass is 32.2. The standard InChI is InChI=1S/C25H26N6O3S/c1-33-21-5-3-17-24(30-21)22-13(11-34-18(22)7-26-17)8-31-9-15-16(10-31)23(15)27-6-14-2-4-19-25(28-14)29-20(32)12-35-19/h2-5,7,13,15-16,23,27H,6,8-12H2,1H3,(H,28,29,32)/t13?,15-,16+,23+. The van der Waals surface area contributed by atoms with Crippen LogP contribution in [-0.2, 0) is 11.3 Å². The van der Waals surface area contributed by atoms with Crippen LogP contribution in [0.2, 0.25) is 0 Å². The SMILES string of the molecule is COc1ccc2ncc3c(c2n1)C(CN1C[C@@H]2[C@H](C1)[C@H]2NCc1ccc2c(n1)NC(=O)CS2)CO3. The Labute approximate surface area is 207 Å². The van der Waals surface area contributed by atoms with Gasteiger partial charge in [0.1, 0.15) is 17.1 Å². The Morgan fingerprint density at radius 3 is 2.97 bits per heavy atom. The van der Waals surface area contributed by atoms with Crippen LogP contribution in [0.1, 0.15) is 17.2 Å². The van der Waals surface area contributed by atoms with Gasteiger partial charge in [-0.25, -0.2) is 9.97 Å². The summed E-state index contributed by atoms with van der Waals surface area (Å²) in [6.07, 6.45) is 1.83. The van der Waals surface area contributed by atoms with E-state index >= 15 is 0 Å². The van der Waals surface area contributed by atoms with Gasteiger partial charge in [0.25, 0.3) is 0 Å². The van der Waals surface area contributed by atoms with Crippen LogP contribution in [0.15, 0.2) is 35.4 Å². The van der Waals surface area contributed by atoms with Crippen LogP contribution < -0.4 is 20.1 Å². The van der Waals surface area contributed by atoms with Crippen molar-refractivity contribution in [1.29, 1.82) is 0 Å². The Kier molecular flexibility index (Phi) is 5.07. The van der Waals surface area contributed by atoms with E-state index in [0.717, 1.165) is 59.1 Å². The number of amides is 1. The van der Waals surface area contributed by atoms with Gasteiger partial charge in [0.05, 0.1) is 41.8 Å². The molecule has 1 aliphatic carbocycles. The molecule has 0 bridgehead atoms. The van der Waals surface area contributed by atoms with Gasteiger partial charge in [-0.2, -0.15) is 0 Å². The zero-order valence-electron chi connectivity index (χ0n) is 19.4. The smallest absolute Gasteiger partial charge is 0.235 e. The lowest BCUT2D eigenvalue weighted by Crippen LogP contribution is -2.34. The number of hydrogen-bond acceptors (Lipinski definition) is 9. The van der Waals surface area contributed by atoms with Crippen LogP contribution in [0.4, 0.5) is 5.82 Å². The average Bonchev–Trinajstić information content (AvgIpc) is 3.18. The predicted octanol–water partition coefficient (Wildman–Crippen LogP) is 2.27. The van der Waals surface area contributed by atoms with Crippen LogP contribution in [0.5, 0.6) is 11.6 Å². The second-order valence-corrected chi connectivity index (χ2v) is 10.7. The highest BCUT2D eigenvalue weighted by Crippen LogP contribution is 2.47. The molecule has 35 heavy (non-hydrogen) atoms. The molecular weight excluding hydrogens is 464 g/mol. The number of ether oxygens (including phenoxy) is 2. The summed E-state index contributed by atoms with van der Waals surface area (Å²) in [5.41, 5.74) is 3.90. The summed E-state index contributed by atoms with van der Waals surface area (Å²) in [6, 6.07) is 8.46. The first kappa shape index (κ1) is 21.3. The number of hydrogen-bond donors (Lipinski definition) is 2. The average molecular weight is 491 g/mol. The van der Waals surface area contributed by atoms with Gasteiger partial charge in [-0.1, -0.05) is 0 Å². The molecule has 1 amide bonds. The number of fused-ring (bicyclic) bond motifs is 5. The van der Waals surface area contributed by atoms with Gasteiger partial charge < -0.3 is 25.0 Å². The van der Waals surface area contributed by atoms with Crippen LogP contribution >= 0.6 is 11.8 Å². The van der Waals surface area contributed by atoms with Gasteiger partial charge in [-0.05, 0) is 30.0 Å². The Hall–Kier alpha value is -2.95. The number of carbonyl (C=O) groups is 1. The van der Waals surface area contributed by atoms with Gasteiger partial charge in [0.15, 0.2) is 0 Å². The van der Waals surface area contributed by atoms with Crippen LogP contribution in [0.3, 0.4) is 0 Å². The van der Waals surface area contributed by atoms with Crippen molar-refractivity contribution in [3.63, 3.8) is 0 Å². The molecule has 4 atom stereocenters. The van der Waals surface area contributed by atoms with E-state index in [9.17, 15) is 4.79 Å². The van der Waals surface area contributed by atoms with Gasteiger partial charge in [-0.3, -0.25) is 9.78 Å². The summed E-state index contributed by atoms with van der Waals surface area (Å²) in [6.45, 7) is 4.55. The van der Waals surface area contributed by atoms with E-state index in [1.807, 2.05) is 18.3 Å². The topological polar surface area (TPSA) is 102 Å². The number of nitrogens with zero attached hydrogens (tertiary/aromatic N) is 4. The lowest BCUT2D eigenvalue weighted by molar-refractivity contribution is -0.113. The zero-order valence-corrected chi connectivity index (χ0v) is 20.2. The van der Waals surface area contributed by atoms with E-state index < -0.39 is 0 Å². The Morgan fingerprint density at radius 1 is 1.23 bits per heavy atom. The van der Waals surface area contributed by atoms with E-state index in [1.165, 1.54) is 0 Å². The molecule has 2 N–H and O–H groups in total. The van der Waals surface area contributed by atoms with Gasteiger partial charge in [0.2, 0.25) is 11.8 Å². The molecule has 1 unspecified atom stereocenters. The number of rotatable bonds is 6. The summed E-state index contributed by atoms with van der Waals surface area (Å²) in [7, 11) is 1.64. The molecule has 7 rings (SSSR count). The monoisotopic (exact) mass is 490 g/mol. The molecule has 2 fully saturated rings. The third-order valence-corrected chi connectivity index (χ3v) is 8.59. The number of thioether (sulfide) groups is 1. The van der Waals surface area contributed by atoms with E-state index in [0.29, 0.717) is 41.9 Å². The number of methoxy groups -OCH3 is 1. The first-order valence-electron chi connectivity index (χ1n) is 12.0. The van der Waals surface area contributed by atoms with Crippen molar-refractivity contribution < 1.29 is 14.3 Å². The molecular formula is C25H26N6O3S. The Balaban J connectivity index is 0.972. The highest BCUT2D eigenvalue weighted by molar-refractivity contribution is 8.00. The van der Waals surface area contributed by atoms with E-state index in [-0.39, 0.29) is 11.8 Å². The molecule has 3 aliphatic heterocycles. The first-order chi connectivity index (χ1) is 17.2. The summed E-state index contributed by atoms with van der Waals surface area (Å²) in [4.78, 5) is 29.1. The molecule has 9 nitrogen and oxygen atoms in total. The molecule has 6 heterocycles. The van der Waals surface area contributed by atoms with Crippen molar-refractivity contribution in [2.75, 3.05) is 44.4 Å². The first-order valence-corrected chi connectivity index (χ1v) is 13.0. The second-order valence-electron chi connectivity index (χ2n) is 9.70. The third-order valence-electron chi connectivity index (χ3n) is 7.55. The fourth-order valence-electron chi connectivity index (χ4n) is 5.79. The minimum Gasteiger partial charge on any atom is -0.491 e. The van der Waals surface area contributed by atoms with Crippen molar-refractivity contribution in [3.05, 3.63) is 41.7 Å². The molecule has 3 aromatic rings. The van der Waals surface area contributed by atoms with Crippen molar-refractivity contribution in [3.8, 4) is 11.6 Å². The van der Waals surface area contributed by atoms with Crippen LogP contribution in [-0.4, -0.2) is 70.9 Å². The lowest BCUT2D eigenvalue weighted by Gasteiger charge is -2.23. The number of likely N-dealkylation sites (tertiary alicyclic amines) is 1. The molecule has 0 aromatic carbocycles. The van der Waals surface area contributed by atoms with Gasteiger partial charge in [-0.15, -0.1) is 11.8 Å². The number of carbonyl (C=O) groups excluding carboxylic acids is 1. The van der Waals surface area contributed by atoms with Crippen LogP contribution in [0, 0.1) is 11.8 Å². The normalized spacial score (nSPS) is 26.6. The molecule has 0 radical (unpaired) electrons. The van der Waals surface area contributed by atoms with Crippen molar-refractivity contribution in [2.24, 2.45) is 11.8 Å². The highest BCUT2D eigenvalue weighted by Gasteiger charge is 2.55. The second kappa shape index (κ2) is 8.32. The Bertz CT molecular complexity index is 1320. The maximum Gasteiger partial charge on any atom is 0.235 e. The number of aromatic nitrogens is 3. The quantitative estimate of drug-likeness (QED) is 0.539. The molecule has 1 saturated heterocycles. The summed E-state index contributed by atoms with van der Waals surface area (Å²) in [5, 5.41) is 6.57. The summed E-state index contributed by atoms with van der Waals surface area (Å²) in [5.74, 6) is 4.27. The summed E-state index contributed by atoms with van der Waals surface area (Å²) < 4.78 is 11.3. The number of piperidine rings is 1. The molecule has 4 aliphatic rings. The number of anilines is 1. The Morgan fingerprint density at radius 2 is 2.11 bits per heavy atom. The lowest BCUT2D eigenvalue weighted by atomic mass is 9.99. The van der Waals surface area contributed by atoms with E-state index in [1.54, 1.807) is 18.9 Å². The van der Waals surface area contributed by atoms with Crippen molar-refractivity contribution in [2.45, 2.75) is 23.4 Å². The fourth-order valence-corrected chi connectivity index (χ4v) is 6.55. The third kappa shape index (κ3) is 3.80. The largest absolute Gasteiger partial charge is 0.491 e. The minimum atomic E-state index is 0.0198. The fraction of sp³-hybridized carbons (Fsp3) is 0.440. The maximum absolute atomic E-state index is 11.6. The zero-order chi connectivity index (χ0) is 23.5. The summed E-state index contributed by atoms with van der Waals surface area (Å²) >= 11 is 1.54. The van der Waals surface area contributed by atoms with E-state index in [2.05, 4.69) is 42.6 Å². The van der Waals surface area contributed by atoms with Crippen molar-refractivity contribution >= 4 is 34.5 Å². The number of nitrogens with one attached hydrogen (secondary N) is 2. The van der Waals surface area contributed by atoms with Gasteiger partial charge >= 0.3 is 0 Å². The number of pyridine rings is 3.